The van der Waals surface area contributed by atoms with Gasteiger partial charge in [0.2, 0.25) is 0 Å². The highest BCUT2D eigenvalue weighted by molar-refractivity contribution is 5.84. The molecule has 24 heavy (non-hydrogen) atoms. The van der Waals surface area contributed by atoms with Crippen LogP contribution in [0.4, 0.5) is 10.1 Å². The van der Waals surface area contributed by atoms with Crippen LogP contribution in [0.15, 0.2) is 29.9 Å². The minimum atomic E-state index is -0.333. The first-order chi connectivity index (χ1) is 11.4. The van der Waals surface area contributed by atoms with E-state index in [0.717, 1.165) is 39.5 Å². The van der Waals surface area contributed by atoms with Crippen LogP contribution in [0.3, 0.4) is 0 Å². The molecule has 0 unspecified atom stereocenters. The third kappa shape index (κ3) is 3.28. The number of halogens is 1. The number of aromatic nitrogens is 2. The lowest BCUT2D eigenvalue weighted by Crippen LogP contribution is -2.00. The molecule has 1 aromatic heterocycles. The quantitative estimate of drug-likeness (QED) is 0.718. The Hall–Kier alpha value is -2.36. The lowest BCUT2D eigenvalue weighted by molar-refractivity contribution is 0.628. The van der Waals surface area contributed by atoms with Crippen LogP contribution in [0.5, 0.6) is 0 Å². The van der Waals surface area contributed by atoms with Crippen molar-refractivity contribution in [3.63, 3.8) is 0 Å². The molecule has 0 saturated heterocycles. The molecule has 1 aliphatic rings. The van der Waals surface area contributed by atoms with Crippen LogP contribution in [-0.4, -0.2) is 15.7 Å². The molecule has 0 atom stereocenters. The summed E-state index contributed by atoms with van der Waals surface area (Å²) in [6, 6.07) is 3.41. The molecule has 3 rings (SSSR count). The fraction of sp³-hybridized carbons (Fsp3) is 0.350. The molecule has 0 spiro atoms. The van der Waals surface area contributed by atoms with Crippen molar-refractivity contribution in [3.05, 3.63) is 58.9 Å². The summed E-state index contributed by atoms with van der Waals surface area (Å²) >= 11 is 0. The zero-order chi connectivity index (χ0) is 17.4. The molecule has 1 aliphatic carbocycles. The molecule has 0 bridgehead atoms. The van der Waals surface area contributed by atoms with Gasteiger partial charge in [-0.25, -0.2) is 14.4 Å². The van der Waals surface area contributed by atoms with Gasteiger partial charge in [0.25, 0.3) is 0 Å². The molecule has 1 fully saturated rings. The maximum absolute atomic E-state index is 14.4. The zero-order valence-electron chi connectivity index (χ0n) is 14.7. The normalized spacial score (nSPS) is 13.7. The molecule has 0 aliphatic heterocycles. The van der Waals surface area contributed by atoms with E-state index in [1.807, 2.05) is 40.0 Å². The number of hydrogen-bond acceptors (Lipinski definition) is 3. The molecular weight excluding hydrogens is 301 g/mol. The highest BCUT2D eigenvalue weighted by atomic mass is 19.1. The monoisotopic (exact) mass is 323 g/mol. The maximum Gasteiger partial charge on any atom is 0.149 e. The maximum atomic E-state index is 14.4. The molecule has 0 radical (unpaired) electrons. The van der Waals surface area contributed by atoms with Gasteiger partial charge in [0.15, 0.2) is 0 Å². The first kappa shape index (κ1) is 16.5. The summed E-state index contributed by atoms with van der Waals surface area (Å²) in [4.78, 5) is 13.3. The van der Waals surface area contributed by atoms with Gasteiger partial charge in [-0.3, -0.25) is 4.99 Å². The summed E-state index contributed by atoms with van der Waals surface area (Å²) in [7, 11) is 0. The van der Waals surface area contributed by atoms with Gasteiger partial charge in [0.1, 0.15) is 17.3 Å². The minimum absolute atomic E-state index is 0.333. The number of hydrogen-bond donors (Lipinski definition) is 0. The number of aryl methyl sites for hydroxylation is 2. The standard InChI is InChI=1S/C20H22FN3/c1-11(2)23-19-12(3)8-16(9-18(19)21)13(4)17-10-22-20(15-6-7-15)24-14(17)5/h8-10,15H,4,6-7H2,1-3,5H3. The Balaban J connectivity index is 1.97. The Morgan fingerprint density at radius 3 is 2.50 bits per heavy atom. The van der Waals surface area contributed by atoms with Crippen molar-refractivity contribution < 1.29 is 4.39 Å². The van der Waals surface area contributed by atoms with E-state index in [2.05, 4.69) is 21.5 Å². The predicted octanol–water partition coefficient (Wildman–Crippen LogP) is 5.28. The van der Waals surface area contributed by atoms with E-state index in [9.17, 15) is 4.39 Å². The van der Waals surface area contributed by atoms with Crippen molar-refractivity contribution in [3.8, 4) is 0 Å². The second-order valence-electron chi connectivity index (χ2n) is 6.66. The molecule has 0 amide bonds. The molecule has 1 heterocycles. The Bertz CT molecular complexity index is 821. The predicted molar refractivity (Wildman–Crippen MR) is 96.5 cm³/mol. The van der Waals surface area contributed by atoms with E-state index in [1.165, 1.54) is 18.9 Å². The third-order valence-electron chi connectivity index (χ3n) is 4.20. The van der Waals surface area contributed by atoms with Crippen molar-refractivity contribution in [2.24, 2.45) is 4.99 Å². The molecule has 1 saturated carbocycles. The van der Waals surface area contributed by atoms with Gasteiger partial charge in [-0.2, -0.15) is 0 Å². The van der Waals surface area contributed by atoms with E-state index in [-0.39, 0.29) is 5.82 Å². The van der Waals surface area contributed by atoms with E-state index in [1.54, 1.807) is 0 Å². The third-order valence-corrected chi connectivity index (χ3v) is 4.20. The van der Waals surface area contributed by atoms with E-state index >= 15 is 0 Å². The molecule has 124 valence electrons. The Labute approximate surface area is 142 Å². The zero-order valence-corrected chi connectivity index (χ0v) is 14.7. The Kier molecular flexibility index (Phi) is 4.31. The summed E-state index contributed by atoms with van der Waals surface area (Å²) in [5.41, 5.74) is 5.24. The van der Waals surface area contributed by atoms with Gasteiger partial charge >= 0.3 is 0 Å². The van der Waals surface area contributed by atoms with Crippen LogP contribution in [0.1, 0.15) is 60.8 Å². The Morgan fingerprint density at radius 2 is 1.96 bits per heavy atom. The highest BCUT2D eigenvalue weighted by Gasteiger charge is 2.27. The summed E-state index contributed by atoms with van der Waals surface area (Å²) in [6.45, 7) is 11.7. The van der Waals surface area contributed by atoms with Crippen molar-refractivity contribution in [1.29, 1.82) is 0 Å². The van der Waals surface area contributed by atoms with Gasteiger partial charge in [0.05, 0.1) is 0 Å². The van der Waals surface area contributed by atoms with Crippen molar-refractivity contribution in [2.75, 3.05) is 0 Å². The number of rotatable bonds is 4. The fourth-order valence-corrected chi connectivity index (χ4v) is 2.75. The number of nitrogens with zero attached hydrogens (tertiary/aromatic N) is 3. The van der Waals surface area contributed by atoms with Gasteiger partial charge in [-0.05, 0) is 69.4 Å². The molecule has 1 aromatic carbocycles. The topological polar surface area (TPSA) is 38.1 Å². The van der Waals surface area contributed by atoms with Crippen molar-refractivity contribution >= 4 is 17.0 Å². The van der Waals surface area contributed by atoms with Crippen LogP contribution in [0.25, 0.3) is 5.57 Å². The summed E-state index contributed by atoms with van der Waals surface area (Å²) in [6.07, 6.45) is 4.15. The number of benzene rings is 1. The Morgan fingerprint density at radius 1 is 1.25 bits per heavy atom. The van der Waals surface area contributed by atoms with Crippen LogP contribution in [0, 0.1) is 19.7 Å². The van der Waals surface area contributed by atoms with Crippen LogP contribution >= 0.6 is 0 Å². The van der Waals surface area contributed by atoms with Crippen LogP contribution < -0.4 is 0 Å². The minimum Gasteiger partial charge on any atom is -0.255 e. The number of aliphatic imine (C=N–C) groups is 1. The highest BCUT2D eigenvalue weighted by Crippen LogP contribution is 2.38. The average Bonchev–Trinajstić information content (AvgIpc) is 3.34. The van der Waals surface area contributed by atoms with Crippen molar-refractivity contribution in [2.45, 2.75) is 46.5 Å². The molecule has 3 nitrogen and oxygen atoms in total. The fourth-order valence-electron chi connectivity index (χ4n) is 2.75. The van der Waals surface area contributed by atoms with Crippen molar-refractivity contribution in [1.82, 2.24) is 9.97 Å². The summed E-state index contributed by atoms with van der Waals surface area (Å²) in [5, 5.41) is 0. The molecule has 2 aromatic rings. The summed E-state index contributed by atoms with van der Waals surface area (Å²) < 4.78 is 14.4. The first-order valence-electron chi connectivity index (χ1n) is 8.22. The van der Waals surface area contributed by atoms with Gasteiger partial charge in [0, 0.05) is 29.1 Å². The van der Waals surface area contributed by atoms with Gasteiger partial charge < -0.3 is 0 Å². The second-order valence-corrected chi connectivity index (χ2v) is 6.66. The SMILES string of the molecule is C=C(c1cc(C)c(N=C(C)C)c(F)c1)c1cnc(C2CC2)nc1C. The molecule has 4 heteroatoms. The van der Waals surface area contributed by atoms with E-state index in [4.69, 9.17) is 0 Å². The van der Waals surface area contributed by atoms with Crippen LogP contribution in [-0.2, 0) is 0 Å². The molecule has 0 N–H and O–H groups in total. The first-order valence-corrected chi connectivity index (χ1v) is 8.22. The molecular formula is C20H22FN3. The second kappa shape index (κ2) is 6.27. The van der Waals surface area contributed by atoms with Gasteiger partial charge in [-0.15, -0.1) is 0 Å². The van der Waals surface area contributed by atoms with Crippen LogP contribution in [0.2, 0.25) is 0 Å². The average molecular weight is 323 g/mol. The largest absolute Gasteiger partial charge is 0.255 e. The lowest BCUT2D eigenvalue weighted by atomic mass is 9.97. The smallest absolute Gasteiger partial charge is 0.149 e. The van der Waals surface area contributed by atoms with E-state index in [0.29, 0.717) is 11.6 Å². The van der Waals surface area contributed by atoms with E-state index < -0.39 is 0 Å². The summed E-state index contributed by atoms with van der Waals surface area (Å²) in [5.74, 6) is 1.09. The van der Waals surface area contributed by atoms with Gasteiger partial charge in [-0.1, -0.05) is 6.58 Å². The lowest BCUT2D eigenvalue weighted by Gasteiger charge is -2.12.